The maximum absolute atomic E-state index is 12.7. The van der Waals surface area contributed by atoms with Crippen molar-refractivity contribution in [2.24, 2.45) is 0 Å². The Morgan fingerprint density at radius 2 is 2.04 bits per heavy atom. The topological polar surface area (TPSA) is 61.9 Å². The third kappa shape index (κ3) is 3.35. The van der Waals surface area contributed by atoms with Gasteiger partial charge in [0.05, 0.1) is 6.20 Å². The molecule has 0 radical (unpaired) electrons. The predicted molar refractivity (Wildman–Crippen MR) is 101 cm³/mol. The number of hydrogen-bond donors (Lipinski definition) is 1. The lowest BCUT2D eigenvalue weighted by Crippen LogP contribution is -2.39. The van der Waals surface area contributed by atoms with Crippen LogP contribution >= 0.6 is 11.6 Å². The second-order valence-corrected chi connectivity index (χ2v) is 6.95. The van der Waals surface area contributed by atoms with Gasteiger partial charge in [-0.25, -0.2) is 0 Å². The van der Waals surface area contributed by atoms with Crippen LogP contribution in [0.1, 0.15) is 34.9 Å². The van der Waals surface area contributed by atoms with Crippen LogP contribution < -0.4 is 0 Å². The molecule has 132 valence electrons. The number of H-pyrrole nitrogens is 1. The van der Waals surface area contributed by atoms with E-state index >= 15 is 0 Å². The van der Waals surface area contributed by atoms with Gasteiger partial charge in [-0.1, -0.05) is 29.8 Å². The van der Waals surface area contributed by atoms with Crippen LogP contribution in [0.2, 0.25) is 5.02 Å². The summed E-state index contributed by atoms with van der Waals surface area (Å²) in [7, 11) is 0. The quantitative estimate of drug-likeness (QED) is 0.757. The lowest BCUT2D eigenvalue weighted by molar-refractivity contribution is 0.0700. The Hall–Kier alpha value is -2.66. The van der Waals surface area contributed by atoms with E-state index < -0.39 is 0 Å². The summed E-state index contributed by atoms with van der Waals surface area (Å²) in [6.07, 6.45) is 5.48. The molecule has 0 bridgehead atoms. The molecule has 0 unspecified atom stereocenters. The fraction of sp³-hybridized carbons (Fsp3) is 0.250. The van der Waals surface area contributed by atoms with Gasteiger partial charge in [-0.05, 0) is 42.7 Å². The molecule has 1 aliphatic rings. The SMILES string of the molecule is O=C(c1ccccn1)N1CCC[C@@H](c2[nH]ncc2-c2ccc(Cl)cc2)C1. The van der Waals surface area contributed by atoms with Crippen LogP contribution in [-0.4, -0.2) is 39.1 Å². The molecule has 6 heteroatoms. The lowest BCUT2D eigenvalue weighted by atomic mass is 9.90. The molecule has 0 aliphatic carbocycles. The molecule has 2 aromatic heterocycles. The molecule has 0 spiro atoms. The minimum absolute atomic E-state index is 0.0112. The van der Waals surface area contributed by atoms with E-state index in [0.717, 1.165) is 36.2 Å². The van der Waals surface area contributed by atoms with E-state index in [4.69, 9.17) is 11.6 Å². The van der Waals surface area contributed by atoms with Gasteiger partial charge >= 0.3 is 0 Å². The van der Waals surface area contributed by atoms with Gasteiger partial charge < -0.3 is 4.90 Å². The molecule has 1 N–H and O–H groups in total. The molecule has 1 saturated heterocycles. The first-order valence-corrected chi connectivity index (χ1v) is 9.09. The zero-order valence-electron chi connectivity index (χ0n) is 14.2. The van der Waals surface area contributed by atoms with Gasteiger partial charge in [0.1, 0.15) is 5.69 Å². The van der Waals surface area contributed by atoms with E-state index in [-0.39, 0.29) is 11.8 Å². The molecule has 1 aliphatic heterocycles. The number of nitrogens with zero attached hydrogens (tertiary/aromatic N) is 3. The van der Waals surface area contributed by atoms with E-state index in [1.165, 1.54) is 0 Å². The number of amides is 1. The highest BCUT2D eigenvalue weighted by Crippen LogP contribution is 2.33. The highest BCUT2D eigenvalue weighted by molar-refractivity contribution is 6.30. The maximum Gasteiger partial charge on any atom is 0.272 e. The van der Waals surface area contributed by atoms with Crippen LogP contribution in [0, 0.1) is 0 Å². The smallest absolute Gasteiger partial charge is 0.272 e. The third-order valence-corrected chi connectivity index (χ3v) is 5.08. The second kappa shape index (κ2) is 7.30. The average Bonchev–Trinajstić information content (AvgIpc) is 3.19. The van der Waals surface area contributed by atoms with Crippen LogP contribution in [-0.2, 0) is 0 Å². The Bertz CT molecular complexity index is 892. The summed E-state index contributed by atoms with van der Waals surface area (Å²) in [5.41, 5.74) is 3.71. The summed E-state index contributed by atoms with van der Waals surface area (Å²) in [4.78, 5) is 18.8. The van der Waals surface area contributed by atoms with Gasteiger partial charge in [-0.2, -0.15) is 5.10 Å². The Morgan fingerprint density at radius 3 is 2.81 bits per heavy atom. The molecule has 1 atom stereocenters. The second-order valence-electron chi connectivity index (χ2n) is 6.51. The van der Waals surface area contributed by atoms with Crippen LogP contribution in [0.25, 0.3) is 11.1 Å². The van der Waals surface area contributed by atoms with Crippen molar-refractivity contribution >= 4 is 17.5 Å². The van der Waals surface area contributed by atoms with Crippen molar-refractivity contribution in [1.82, 2.24) is 20.1 Å². The Labute approximate surface area is 157 Å². The van der Waals surface area contributed by atoms with Crippen LogP contribution in [0.4, 0.5) is 0 Å². The van der Waals surface area contributed by atoms with Gasteiger partial charge in [-0.3, -0.25) is 14.9 Å². The number of rotatable bonds is 3. The van der Waals surface area contributed by atoms with Crippen LogP contribution in [0.5, 0.6) is 0 Å². The number of halogens is 1. The van der Waals surface area contributed by atoms with E-state index in [1.807, 2.05) is 47.5 Å². The minimum Gasteiger partial charge on any atom is -0.337 e. The number of aromatic amines is 1. The monoisotopic (exact) mass is 366 g/mol. The number of carbonyl (C=O) groups is 1. The largest absolute Gasteiger partial charge is 0.337 e. The molecule has 4 rings (SSSR count). The van der Waals surface area contributed by atoms with Crippen molar-refractivity contribution < 1.29 is 4.79 Å². The molecule has 0 saturated carbocycles. The Morgan fingerprint density at radius 1 is 1.19 bits per heavy atom. The summed E-state index contributed by atoms with van der Waals surface area (Å²) in [5.74, 6) is 0.215. The Balaban J connectivity index is 1.57. The first kappa shape index (κ1) is 16.8. The number of benzene rings is 1. The summed E-state index contributed by atoms with van der Waals surface area (Å²) in [5, 5.41) is 8.11. The van der Waals surface area contributed by atoms with Crippen molar-refractivity contribution in [2.45, 2.75) is 18.8 Å². The molecule has 3 heterocycles. The van der Waals surface area contributed by atoms with Crippen molar-refractivity contribution in [2.75, 3.05) is 13.1 Å². The molecular formula is C20H19ClN4O. The normalized spacial score (nSPS) is 17.3. The molecule has 3 aromatic rings. The number of hydrogen-bond acceptors (Lipinski definition) is 3. The first-order chi connectivity index (χ1) is 12.7. The lowest BCUT2D eigenvalue weighted by Gasteiger charge is -2.32. The van der Waals surface area contributed by atoms with Crippen molar-refractivity contribution in [3.63, 3.8) is 0 Å². The Kier molecular flexibility index (Phi) is 4.71. The fourth-order valence-electron chi connectivity index (χ4n) is 3.52. The van der Waals surface area contributed by atoms with E-state index in [0.29, 0.717) is 17.3 Å². The maximum atomic E-state index is 12.7. The van der Waals surface area contributed by atoms with Crippen molar-refractivity contribution in [1.29, 1.82) is 0 Å². The van der Waals surface area contributed by atoms with E-state index in [2.05, 4.69) is 15.2 Å². The molecule has 26 heavy (non-hydrogen) atoms. The first-order valence-electron chi connectivity index (χ1n) is 8.72. The van der Waals surface area contributed by atoms with E-state index in [9.17, 15) is 4.79 Å². The predicted octanol–water partition coefficient (Wildman–Crippen LogP) is 4.14. The number of pyridine rings is 1. The summed E-state index contributed by atoms with van der Waals surface area (Å²) >= 11 is 6.00. The molecule has 1 aromatic carbocycles. The summed E-state index contributed by atoms with van der Waals surface area (Å²) in [6, 6.07) is 13.2. The van der Waals surface area contributed by atoms with Gasteiger partial charge in [0.15, 0.2) is 0 Å². The number of likely N-dealkylation sites (tertiary alicyclic amines) is 1. The van der Waals surface area contributed by atoms with Crippen molar-refractivity contribution in [3.8, 4) is 11.1 Å². The van der Waals surface area contributed by atoms with Crippen LogP contribution in [0.3, 0.4) is 0 Å². The molecular weight excluding hydrogens is 348 g/mol. The minimum atomic E-state index is -0.0112. The number of aromatic nitrogens is 3. The number of piperidine rings is 1. The molecule has 1 fully saturated rings. The standard InChI is InChI=1S/C20H19ClN4O/c21-16-8-6-14(7-9-16)17-12-23-24-19(17)15-4-3-11-25(13-15)20(26)18-5-1-2-10-22-18/h1-2,5-10,12,15H,3-4,11,13H2,(H,23,24)/t15-/m1/s1. The van der Waals surface area contributed by atoms with Crippen LogP contribution in [0.15, 0.2) is 54.9 Å². The fourth-order valence-corrected chi connectivity index (χ4v) is 3.64. The van der Waals surface area contributed by atoms with Gasteiger partial charge in [0.25, 0.3) is 5.91 Å². The summed E-state index contributed by atoms with van der Waals surface area (Å²) in [6.45, 7) is 1.43. The van der Waals surface area contributed by atoms with Gasteiger partial charge in [0, 0.05) is 41.5 Å². The average molecular weight is 367 g/mol. The third-order valence-electron chi connectivity index (χ3n) is 4.82. The highest BCUT2D eigenvalue weighted by atomic mass is 35.5. The zero-order valence-corrected chi connectivity index (χ0v) is 15.0. The number of carbonyl (C=O) groups excluding carboxylic acids is 1. The number of nitrogens with one attached hydrogen (secondary N) is 1. The van der Waals surface area contributed by atoms with Gasteiger partial charge in [-0.15, -0.1) is 0 Å². The summed E-state index contributed by atoms with van der Waals surface area (Å²) < 4.78 is 0. The van der Waals surface area contributed by atoms with Gasteiger partial charge in [0.2, 0.25) is 0 Å². The molecule has 1 amide bonds. The zero-order chi connectivity index (χ0) is 17.9. The highest BCUT2D eigenvalue weighted by Gasteiger charge is 2.28. The molecule has 5 nitrogen and oxygen atoms in total. The van der Waals surface area contributed by atoms with Crippen molar-refractivity contribution in [3.05, 3.63) is 71.3 Å². The van der Waals surface area contributed by atoms with E-state index in [1.54, 1.807) is 12.3 Å².